The van der Waals surface area contributed by atoms with Gasteiger partial charge in [-0.3, -0.25) is 14.6 Å². The number of H-pyrrole nitrogens is 1. The van der Waals surface area contributed by atoms with Gasteiger partial charge in [-0.05, 0) is 55.0 Å². The highest BCUT2D eigenvalue weighted by Crippen LogP contribution is 2.25. The molecule has 0 atom stereocenters. The minimum absolute atomic E-state index is 0.190. The van der Waals surface area contributed by atoms with Crippen molar-refractivity contribution in [3.63, 3.8) is 0 Å². The summed E-state index contributed by atoms with van der Waals surface area (Å²) >= 11 is 0. The molecule has 0 bridgehead atoms. The number of aryl methyl sites for hydroxylation is 3. The highest BCUT2D eigenvalue weighted by molar-refractivity contribution is 5.94. The number of carbonyl (C=O) groups excluding carboxylic acids is 1. The quantitative estimate of drug-likeness (QED) is 0.871. The third-order valence-corrected chi connectivity index (χ3v) is 4.55. The lowest BCUT2D eigenvalue weighted by molar-refractivity contribution is 0.0749. The molecule has 2 aromatic rings. The summed E-state index contributed by atoms with van der Waals surface area (Å²) in [5.41, 5.74) is 5.23. The predicted octanol–water partition coefficient (Wildman–Crippen LogP) is 1.72. The van der Waals surface area contributed by atoms with Crippen LogP contribution in [-0.2, 0) is 25.9 Å². The van der Waals surface area contributed by atoms with Gasteiger partial charge in [0, 0.05) is 30.7 Å². The van der Waals surface area contributed by atoms with Gasteiger partial charge in [0.1, 0.15) is 5.56 Å². The Morgan fingerprint density at radius 1 is 1.18 bits per heavy atom. The van der Waals surface area contributed by atoms with Gasteiger partial charge in [-0.2, -0.15) is 0 Å². The minimum Gasteiger partial charge on any atom is -0.330 e. The molecule has 0 fully saturated rings. The maximum atomic E-state index is 12.7. The summed E-state index contributed by atoms with van der Waals surface area (Å²) in [4.78, 5) is 33.8. The zero-order chi connectivity index (χ0) is 15.3. The smallest absolute Gasteiger partial charge is 0.261 e. The lowest BCUT2D eigenvalue weighted by Gasteiger charge is -2.15. The lowest BCUT2D eigenvalue weighted by Crippen LogP contribution is -2.31. The van der Waals surface area contributed by atoms with Crippen molar-refractivity contribution in [2.24, 2.45) is 0 Å². The Hall–Kier alpha value is -2.43. The van der Waals surface area contributed by atoms with Crippen molar-refractivity contribution in [3.8, 4) is 0 Å². The number of hydrogen-bond acceptors (Lipinski definition) is 3. The molecule has 22 heavy (non-hydrogen) atoms. The van der Waals surface area contributed by atoms with Gasteiger partial charge in [0.05, 0.1) is 0 Å². The standard InChI is InChI=1S/C17H17N3O2/c1-10-5-12-8-20(9-13(12)7-18-10)17(22)14-6-11-3-2-4-15(11)19-16(14)21/h5-7H,2-4,8-9H2,1H3,(H,19,21). The molecule has 1 amide bonds. The maximum Gasteiger partial charge on any atom is 0.261 e. The van der Waals surface area contributed by atoms with Crippen molar-refractivity contribution < 1.29 is 4.79 Å². The Bertz CT molecular complexity index is 838. The van der Waals surface area contributed by atoms with Crippen molar-refractivity contribution in [1.82, 2.24) is 14.9 Å². The third kappa shape index (κ3) is 2.04. The second-order valence-corrected chi connectivity index (χ2v) is 6.13. The van der Waals surface area contributed by atoms with E-state index in [1.807, 2.05) is 19.2 Å². The number of nitrogens with zero attached hydrogens (tertiary/aromatic N) is 2. The van der Waals surface area contributed by atoms with Crippen LogP contribution in [0, 0.1) is 6.92 Å². The fourth-order valence-electron chi connectivity index (χ4n) is 3.39. The first-order valence-corrected chi connectivity index (χ1v) is 7.60. The highest BCUT2D eigenvalue weighted by atomic mass is 16.2. The molecule has 0 aromatic carbocycles. The van der Waals surface area contributed by atoms with E-state index in [0.717, 1.165) is 47.3 Å². The Kier molecular flexibility index (Phi) is 2.89. The van der Waals surface area contributed by atoms with Crippen molar-refractivity contribution >= 4 is 5.91 Å². The molecule has 112 valence electrons. The first kappa shape index (κ1) is 13.2. The fraction of sp³-hybridized carbons (Fsp3) is 0.353. The van der Waals surface area contributed by atoms with E-state index in [1.165, 1.54) is 0 Å². The molecule has 2 aromatic heterocycles. The highest BCUT2D eigenvalue weighted by Gasteiger charge is 2.27. The molecule has 0 unspecified atom stereocenters. The Balaban J connectivity index is 1.65. The lowest BCUT2D eigenvalue weighted by atomic mass is 10.1. The molecule has 0 spiro atoms. The van der Waals surface area contributed by atoms with E-state index in [9.17, 15) is 9.59 Å². The van der Waals surface area contributed by atoms with Gasteiger partial charge in [0.25, 0.3) is 11.5 Å². The number of aromatic amines is 1. The normalized spacial score (nSPS) is 15.8. The van der Waals surface area contributed by atoms with Crippen LogP contribution in [0.2, 0.25) is 0 Å². The van der Waals surface area contributed by atoms with E-state index in [4.69, 9.17) is 0 Å². The van der Waals surface area contributed by atoms with Crippen molar-refractivity contribution in [1.29, 1.82) is 0 Å². The van der Waals surface area contributed by atoms with Crippen LogP contribution in [0.3, 0.4) is 0 Å². The molecule has 1 aliphatic heterocycles. The number of hydrogen-bond donors (Lipinski definition) is 1. The number of amides is 1. The average Bonchev–Trinajstić information content (AvgIpc) is 3.10. The van der Waals surface area contributed by atoms with Crippen LogP contribution in [0.15, 0.2) is 23.1 Å². The van der Waals surface area contributed by atoms with Crippen LogP contribution in [0.1, 0.15) is 44.9 Å². The zero-order valence-electron chi connectivity index (χ0n) is 12.5. The van der Waals surface area contributed by atoms with Gasteiger partial charge in [-0.25, -0.2) is 0 Å². The largest absolute Gasteiger partial charge is 0.330 e. The number of carbonyl (C=O) groups is 1. The average molecular weight is 295 g/mol. The first-order chi connectivity index (χ1) is 10.6. The predicted molar refractivity (Wildman–Crippen MR) is 81.6 cm³/mol. The van der Waals surface area contributed by atoms with Crippen LogP contribution >= 0.6 is 0 Å². The van der Waals surface area contributed by atoms with Gasteiger partial charge in [-0.15, -0.1) is 0 Å². The molecule has 0 saturated carbocycles. The summed E-state index contributed by atoms with van der Waals surface area (Å²) in [6, 6.07) is 3.80. The SMILES string of the molecule is Cc1cc2c(cn1)CN(C(=O)c1cc3c([nH]c1=O)CCC3)C2. The van der Waals surface area contributed by atoms with E-state index < -0.39 is 0 Å². The summed E-state index contributed by atoms with van der Waals surface area (Å²) in [5, 5.41) is 0. The molecular formula is C17H17N3O2. The van der Waals surface area contributed by atoms with Crippen molar-refractivity contribution in [2.45, 2.75) is 39.3 Å². The molecular weight excluding hydrogens is 278 g/mol. The topological polar surface area (TPSA) is 66.1 Å². The van der Waals surface area contributed by atoms with Gasteiger partial charge in [0.2, 0.25) is 0 Å². The fourth-order valence-corrected chi connectivity index (χ4v) is 3.39. The molecule has 5 heteroatoms. The molecule has 1 aliphatic carbocycles. The second-order valence-electron chi connectivity index (χ2n) is 6.13. The van der Waals surface area contributed by atoms with Crippen LogP contribution < -0.4 is 5.56 Å². The minimum atomic E-state index is -0.268. The van der Waals surface area contributed by atoms with Crippen LogP contribution in [0.4, 0.5) is 0 Å². The summed E-state index contributed by atoms with van der Waals surface area (Å²) in [6.45, 7) is 3.02. The molecule has 2 aliphatic rings. The first-order valence-electron chi connectivity index (χ1n) is 7.60. The number of fused-ring (bicyclic) bond motifs is 2. The van der Waals surface area contributed by atoms with Gasteiger partial charge < -0.3 is 9.88 Å². The molecule has 0 saturated heterocycles. The van der Waals surface area contributed by atoms with E-state index in [0.29, 0.717) is 13.1 Å². The molecule has 5 nitrogen and oxygen atoms in total. The molecule has 0 radical (unpaired) electrons. The number of nitrogens with one attached hydrogen (secondary N) is 1. The maximum absolute atomic E-state index is 12.7. The summed E-state index contributed by atoms with van der Waals surface area (Å²) < 4.78 is 0. The Labute approximate surface area is 128 Å². The van der Waals surface area contributed by atoms with Crippen LogP contribution in [-0.4, -0.2) is 20.8 Å². The van der Waals surface area contributed by atoms with Gasteiger partial charge in [0.15, 0.2) is 0 Å². The van der Waals surface area contributed by atoms with Gasteiger partial charge in [-0.1, -0.05) is 0 Å². The Morgan fingerprint density at radius 2 is 2.00 bits per heavy atom. The van der Waals surface area contributed by atoms with Crippen molar-refractivity contribution in [3.05, 3.63) is 62.3 Å². The summed E-state index contributed by atoms with van der Waals surface area (Å²) in [5.74, 6) is -0.190. The van der Waals surface area contributed by atoms with E-state index in [-0.39, 0.29) is 17.0 Å². The van der Waals surface area contributed by atoms with Crippen LogP contribution in [0.25, 0.3) is 0 Å². The van der Waals surface area contributed by atoms with Crippen molar-refractivity contribution in [2.75, 3.05) is 0 Å². The monoisotopic (exact) mass is 295 g/mol. The Morgan fingerprint density at radius 3 is 2.86 bits per heavy atom. The molecule has 4 rings (SSSR count). The molecule has 1 N–H and O–H groups in total. The number of pyridine rings is 2. The summed E-state index contributed by atoms with van der Waals surface area (Å²) in [6.07, 6.45) is 4.71. The number of aromatic nitrogens is 2. The van der Waals surface area contributed by atoms with E-state index in [1.54, 1.807) is 11.0 Å². The van der Waals surface area contributed by atoms with Gasteiger partial charge >= 0.3 is 0 Å². The zero-order valence-corrected chi connectivity index (χ0v) is 12.5. The third-order valence-electron chi connectivity index (χ3n) is 4.55. The molecule has 3 heterocycles. The summed E-state index contributed by atoms with van der Waals surface area (Å²) in [7, 11) is 0. The van der Waals surface area contributed by atoms with Crippen LogP contribution in [0.5, 0.6) is 0 Å². The van der Waals surface area contributed by atoms with E-state index >= 15 is 0 Å². The van der Waals surface area contributed by atoms with E-state index in [2.05, 4.69) is 9.97 Å². The number of rotatable bonds is 1. The second kappa shape index (κ2) is 4.80.